The Balaban J connectivity index is 2.13. The lowest BCUT2D eigenvalue weighted by molar-refractivity contribution is -0.124. The highest BCUT2D eigenvalue weighted by Crippen LogP contribution is 2.43. The largest absolute Gasteiger partial charge is 0.547 e. The molecule has 2 rings (SSSR count). The molecule has 1 aromatic rings. The van der Waals surface area contributed by atoms with E-state index in [-0.39, 0.29) is 28.8 Å². The number of carbonyl (C=O) groups excluding carboxylic acids is 2. The van der Waals surface area contributed by atoms with Crippen LogP contribution in [0.4, 0.5) is 0 Å². The van der Waals surface area contributed by atoms with E-state index in [0.717, 1.165) is 12.2 Å². The van der Waals surface area contributed by atoms with Crippen LogP contribution in [0.5, 0.6) is 0 Å². The van der Waals surface area contributed by atoms with Crippen molar-refractivity contribution in [1.82, 2.24) is 0 Å². The highest BCUT2D eigenvalue weighted by molar-refractivity contribution is 6.74. The number of ether oxygens (including phenoxy) is 1. The third-order valence-electron chi connectivity index (χ3n) is 6.65. The van der Waals surface area contributed by atoms with Crippen molar-refractivity contribution in [3.8, 4) is 0 Å². The van der Waals surface area contributed by atoms with Crippen LogP contribution in [0.2, 0.25) is 18.1 Å². The monoisotopic (exact) mass is 430 g/mol. The Kier molecular flexibility index (Phi) is 8.09. The summed E-state index contributed by atoms with van der Waals surface area (Å²) in [6, 6.07) is 9.04. The molecule has 0 amide bonds. The number of benzene rings is 1. The van der Waals surface area contributed by atoms with Crippen LogP contribution in [0.15, 0.2) is 42.2 Å². The van der Waals surface area contributed by atoms with Gasteiger partial charge in [-0.2, -0.15) is 0 Å². The van der Waals surface area contributed by atoms with E-state index in [1.54, 1.807) is 12.1 Å². The molecule has 1 aliphatic carbocycles. The maximum atomic E-state index is 12.5. The first-order valence-electron chi connectivity index (χ1n) is 11.1. The predicted octanol–water partition coefficient (Wildman–Crippen LogP) is 6.39. The van der Waals surface area contributed by atoms with Gasteiger partial charge >= 0.3 is 5.97 Å². The average Bonchev–Trinajstić information content (AvgIpc) is 2.68. The van der Waals surface area contributed by atoms with Crippen molar-refractivity contribution in [1.29, 1.82) is 0 Å². The molecule has 1 aliphatic rings. The number of carbonyl (C=O) groups is 2. The van der Waals surface area contributed by atoms with Crippen LogP contribution in [0.25, 0.3) is 0 Å². The molecule has 1 aromatic carbocycles. The van der Waals surface area contributed by atoms with Crippen molar-refractivity contribution in [2.24, 2.45) is 17.8 Å². The van der Waals surface area contributed by atoms with E-state index < -0.39 is 8.32 Å². The maximum Gasteiger partial charge on any atom is 0.338 e. The lowest BCUT2D eigenvalue weighted by Gasteiger charge is -2.42. The van der Waals surface area contributed by atoms with Crippen molar-refractivity contribution < 1.29 is 18.8 Å². The van der Waals surface area contributed by atoms with E-state index in [1.165, 1.54) is 0 Å². The molecule has 3 atom stereocenters. The second-order valence-electron chi connectivity index (χ2n) is 9.94. The molecule has 0 saturated carbocycles. The summed E-state index contributed by atoms with van der Waals surface area (Å²) in [5, 5.41) is 0.0947. The summed E-state index contributed by atoms with van der Waals surface area (Å²) in [4.78, 5) is 24.8. The van der Waals surface area contributed by atoms with E-state index >= 15 is 0 Å². The molecular weight excluding hydrogens is 392 g/mol. The van der Waals surface area contributed by atoms with Crippen LogP contribution in [-0.2, 0) is 14.0 Å². The molecule has 5 heteroatoms. The highest BCUT2D eigenvalue weighted by atomic mass is 28.4. The zero-order valence-electron chi connectivity index (χ0n) is 19.7. The van der Waals surface area contributed by atoms with Gasteiger partial charge in [-0.25, -0.2) is 4.79 Å². The molecule has 0 heterocycles. The summed E-state index contributed by atoms with van der Waals surface area (Å²) >= 11 is 0. The summed E-state index contributed by atoms with van der Waals surface area (Å²) in [6.07, 6.45) is 4.14. The van der Waals surface area contributed by atoms with Gasteiger partial charge in [-0.15, -0.1) is 0 Å². The van der Waals surface area contributed by atoms with Gasteiger partial charge in [0, 0.05) is 18.3 Å². The van der Waals surface area contributed by atoms with E-state index in [2.05, 4.69) is 46.9 Å². The molecule has 0 spiro atoms. The molecule has 0 unspecified atom stereocenters. The van der Waals surface area contributed by atoms with Gasteiger partial charge in [-0.1, -0.05) is 52.8 Å². The van der Waals surface area contributed by atoms with Gasteiger partial charge in [0.05, 0.1) is 17.9 Å². The SMILES string of the molecule is CCC(=O)[C@@H]1C[C@H](CCOC(=O)c2ccccc2)C(O[Si](C)(C)C(C)(C)C)=C[C@@H]1C. The number of rotatable bonds is 8. The molecule has 0 aromatic heterocycles. The minimum absolute atomic E-state index is 0.0107. The second kappa shape index (κ2) is 9.95. The summed E-state index contributed by atoms with van der Waals surface area (Å²) in [5.41, 5.74) is 0.557. The van der Waals surface area contributed by atoms with Gasteiger partial charge < -0.3 is 9.16 Å². The van der Waals surface area contributed by atoms with E-state index in [9.17, 15) is 9.59 Å². The lowest BCUT2D eigenvalue weighted by atomic mass is 9.75. The number of hydrogen-bond donors (Lipinski definition) is 0. The maximum absolute atomic E-state index is 12.5. The normalized spacial score (nSPS) is 22.2. The first-order chi connectivity index (χ1) is 14.0. The average molecular weight is 431 g/mol. The molecule has 0 fully saturated rings. The molecular formula is C25H38O4Si. The summed E-state index contributed by atoms with van der Waals surface area (Å²) < 4.78 is 12.2. The Morgan fingerprint density at radius 1 is 1.13 bits per heavy atom. The number of Topliss-reactive ketones (excluding diaryl/α,β-unsaturated/α-hetero) is 1. The quantitative estimate of drug-likeness (QED) is 0.354. The van der Waals surface area contributed by atoms with Gasteiger partial charge in [0.1, 0.15) is 5.78 Å². The van der Waals surface area contributed by atoms with Crippen LogP contribution in [-0.4, -0.2) is 26.7 Å². The van der Waals surface area contributed by atoms with E-state index in [1.807, 2.05) is 25.1 Å². The van der Waals surface area contributed by atoms with Gasteiger partial charge in [0.2, 0.25) is 8.32 Å². The fraction of sp³-hybridized carbons (Fsp3) is 0.600. The number of hydrogen-bond acceptors (Lipinski definition) is 4. The number of allylic oxidation sites excluding steroid dienone is 2. The molecule has 0 saturated heterocycles. The van der Waals surface area contributed by atoms with E-state index in [0.29, 0.717) is 30.8 Å². The van der Waals surface area contributed by atoms with Crippen LogP contribution >= 0.6 is 0 Å². The van der Waals surface area contributed by atoms with Crippen molar-refractivity contribution in [3.05, 3.63) is 47.7 Å². The molecule has 0 aliphatic heterocycles. The van der Waals surface area contributed by atoms with Crippen molar-refractivity contribution >= 4 is 20.1 Å². The van der Waals surface area contributed by atoms with Gasteiger partial charge in [0.15, 0.2) is 0 Å². The first kappa shape index (κ1) is 24.4. The molecule has 0 N–H and O–H groups in total. The van der Waals surface area contributed by atoms with Crippen LogP contribution < -0.4 is 0 Å². The highest BCUT2D eigenvalue weighted by Gasteiger charge is 2.42. The summed E-state index contributed by atoms with van der Waals surface area (Å²) in [6.45, 7) is 15.5. The molecule has 0 radical (unpaired) electrons. The predicted molar refractivity (Wildman–Crippen MR) is 124 cm³/mol. The summed E-state index contributed by atoms with van der Waals surface area (Å²) in [7, 11) is -2.00. The van der Waals surface area contributed by atoms with Gasteiger partial charge in [0.25, 0.3) is 0 Å². The van der Waals surface area contributed by atoms with Crippen molar-refractivity contribution in [2.45, 2.75) is 72.0 Å². The lowest BCUT2D eigenvalue weighted by Crippen LogP contribution is -2.42. The van der Waals surface area contributed by atoms with Crippen LogP contribution in [0.1, 0.15) is 64.2 Å². The molecule has 0 bridgehead atoms. The zero-order chi connectivity index (χ0) is 22.5. The van der Waals surface area contributed by atoms with Crippen molar-refractivity contribution in [3.63, 3.8) is 0 Å². The number of ketones is 1. The Bertz CT molecular complexity index is 761. The summed E-state index contributed by atoms with van der Waals surface area (Å²) in [5.74, 6) is 1.26. The minimum atomic E-state index is -2.00. The topological polar surface area (TPSA) is 52.6 Å². The van der Waals surface area contributed by atoms with Gasteiger partial charge in [-0.05, 0) is 55.1 Å². The Morgan fingerprint density at radius 3 is 2.33 bits per heavy atom. The molecule has 30 heavy (non-hydrogen) atoms. The van der Waals surface area contributed by atoms with Crippen molar-refractivity contribution in [2.75, 3.05) is 6.61 Å². The number of esters is 1. The zero-order valence-corrected chi connectivity index (χ0v) is 20.7. The fourth-order valence-corrected chi connectivity index (χ4v) is 4.74. The third-order valence-corrected chi connectivity index (χ3v) is 11.0. The Labute approximate surface area is 183 Å². The smallest absolute Gasteiger partial charge is 0.338 e. The van der Waals surface area contributed by atoms with Crippen LogP contribution in [0, 0.1) is 17.8 Å². The fourth-order valence-electron chi connectivity index (χ4n) is 3.61. The minimum Gasteiger partial charge on any atom is -0.547 e. The third kappa shape index (κ3) is 6.07. The van der Waals surface area contributed by atoms with Crippen LogP contribution in [0.3, 0.4) is 0 Å². The molecule has 166 valence electrons. The molecule has 4 nitrogen and oxygen atoms in total. The van der Waals surface area contributed by atoms with Gasteiger partial charge in [-0.3, -0.25) is 4.79 Å². The Hall–Kier alpha value is -1.88. The van der Waals surface area contributed by atoms with E-state index in [4.69, 9.17) is 9.16 Å². The standard InChI is InChI=1S/C25H38O4Si/c1-8-22(26)21-17-20(14-15-28-24(27)19-12-10-9-11-13-19)23(16-18(21)2)29-30(6,7)25(3,4)5/h9-13,16,18,20-21H,8,14-15,17H2,1-7H3/t18-,20-,21+/m0/s1. The Morgan fingerprint density at radius 2 is 1.77 bits per heavy atom. The second-order valence-corrected chi connectivity index (χ2v) is 14.7. The first-order valence-corrected chi connectivity index (χ1v) is 14.0.